The average Bonchev–Trinajstić information content (AvgIpc) is 2.70. The van der Waals surface area contributed by atoms with Gasteiger partial charge in [0.2, 0.25) is 0 Å². The fourth-order valence-electron chi connectivity index (χ4n) is 2.43. The standard InChI is InChI=1S/C20H20N4O2/c1-26-17-9-5-8-16(14-17)20(25)22-19-11-10-18(23-24-19)21-13-12-15-6-3-2-4-7-15/h2-11,14H,12-13H2,1H3,(H,21,23)(H,22,24,25). The number of nitrogens with one attached hydrogen (secondary N) is 2. The zero-order valence-corrected chi connectivity index (χ0v) is 14.5. The molecular formula is C20H20N4O2. The quantitative estimate of drug-likeness (QED) is 0.684. The molecule has 0 saturated carbocycles. The number of aromatic nitrogens is 2. The van der Waals surface area contributed by atoms with Crippen molar-refractivity contribution in [3.05, 3.63) is 77.9 Å². The van der Waals surface area contributed by atoms with Gasteiger partial charge in [-0.1, -0.05) is 36.4 Å². The lowest BCUT2D eigenvalue weighted by molar-refractivity contribution is 0.102. The Morgan fingerprint density at radius 3 is 2.46 bits per heavy atom. The molecule has 26 heavy (non-hydrogen) atoms. The summed E-state index contributed by atoms with van der Waals surface area (Å²) in [6.45, 7) is 0.758. The Balaban J connectivity index is 1.53. The van der Waals surface area contributed by atoms with Crippen molar-refractivity contribution in [2.45, 2.75) is 6.42 Å². The van der Waals surface area contributed by atoms with Gasteiger partial charge in [0.05, 0.1) is 7.11 Å². The number of amides is 1. The molecule has 0 aliphatic heterocycles. The van der Waals surface area contributed by atoms with Crippen molar-refractivity contribution in [2.75, 3.05) is 24.3 Å². The van der Waals surface area contributed by atoms with Gasteiger partial charge in [0.1, 0.15) is 11.6 Å². The monoisotopic (exact) mass is 348 g/mol. The lowest BCUT2D eigenvalue weighted by atomic mass is 10.1. The van der Waals surface area contributed by atoms with Crippen LogP contribution in [0.3, 0.4) is 0 Å². The third-order valence-electron chi connectivity index (χ3n) is 3.80. The molecule has 0 fully saturated rings. The van der Waals surface area contributed by atoms with Crippen molar-refractivity contribution in [2.24, 2.45) is 0 Å². The van der Waals surface area contributed by atoms with Crippen molar-refractivity contribution in [1.29, 1.82) is 0 Å². The number of carbonyl (C=O) groups excluding carboxylic acids is 1. The second kappa shape index (κ2) is 8.62. The first kappa shape index (κ1) is 17.4. The highest BCUT2D eigenvalue weighted by atomic mass is 16.5. The average molecular weight is 348 g/mol. The van der Waals surface area contributed by atoms with E-state index in [1.807, 2.05) is 18.2 Å². The predicted octanol–water partition coefficient (Wildman–Crippen LogP) is 3.39. The molecule has 3 rings (SSSR count). The lowest BCUT2D eigenvalue weighted by Gasteiger charge is -2.07. The molecule has 1 amide bonds. The van der Waals surface area contributed by atoms with Gasteiger partial charge in [-0.3, -0.25) is 4.79 Å². The van der Waals surface area contributed by atoms with E-state index in [0.29, 0.717) is 22.9 Å². The largest absolute Gasteiger partial charge is 0.497 e. The molecular weight excluding hydrogens is 328 g/mol. The first-order valence-corrected chi connectivity index (χ1v) is 8.31. The number of hydrogen-bond acceptors (Lipinski definition) is 5. The van der Waals surface area contributed by atoms with Gasteiger partial charge in [-0.2, -0.15) is 0 Å². The third kappa shape index (κ3) is 4.80. The Labute approximate surface area is 152 Å². The van der Waals surface area contributed by atoms with E-state index in [4.69, 9.17) is 4.74 Å². The molecule has 0 radical (unpaired) electrons. The number of methoxy groups -OCH3 is 1. The van der Waals surface area contributed by atoms with E-state index in [1.54, 1.807) is 43.5 Å². The highest BCUT2D eigenvalue weighted by Gasteiger charge is 2.08. The molecule has 1 heterocycles. The summed E-state index contributed by atoms with van der Waals surface area (Å²) in [4.78, 5) is 12.2. The van der Waals surface area contributed by atoms with Crippen LogP contribution < -0.4 is 15.4 Å². The van der Waals surface area contributed by atoms with Gasteiger partial charge in [-0.25, -0.2) is 0 Å². The van der Waals surface area contributed by atoms with Crippen LogP contribution in [0.5, 0.6) is 5.75 Å². The molecule has 6 nitrogen and oxygen atoms in total. The summed E-state index contributed by atoms with van der Waals surface area (Å²) in [6.07, 6.45) is 0.900. The van der Waals surface area contributed by atoms with Crippen molar-refractivity contribution in [3.63, 3.8) is 0 Å². The van der Waals surface area contributed by atoms with Crippen LogP contribution in [0.4, 0.5) is 11.6 Å². The SMILES string of the molecule is COc1cccc(C(=O)Nc2ccc(NCCc3ccccc3)nn2)c1. The summed E-state index contributed by atoms with van der Waals surface area (Å²) >= 11 is 0. The summed E-state index contributed by atoms with van der Waals surface area (Å²) in [6, 6.07) is 20.7. The fraction of sp³-hybridized carbons (Fsp3) is 0.150. The molecule has 2 aromatic carbocycles. The maximum Gasteiger partial charge on any atom is 0.256 e. The maximum atomic E-state index is 12.2. The van der Waals surface area contributed by atoms with Gasteiger partial charge in [0, 0.05) is 12.1 Å². The fourth-order valence-corrected chi connectivity index (χ4v) is 2.43. The van der Waals surface area contributed by atoms with E-state index < -0.39 is 0 Å². The Hall–Kier alpha value is -3.41. The zero-order chi connectivity index (χ0) is 18.2. The van der Waals surface area contributed by atoms with Crippen LogP contribution in [0.15, 0.2) is 66.7 Å². The second-order valence-corrected chi connectivity index (χ2v) is 5.65. The molecule has 132 valence electrons. The van der Waals surface area contributed by atoms with E-state index in [1.165, 1.54) is 5.56 Å². The predicted molar refractivity (Wildman–Crippen MR) is 102 cm³/mol. The summed E-state index contributed by atoms with van der Waals surface area (Å²) in [5, 5.41) is 14.1. The first-order valence-electron chi connectivity index (χ1n) is 8.31. The van der Waals surface area contributed by atoms with Crippen molar-refractivity contribution in [3.8, 4) is 5.75 Å². The molecule has 0 aliphatic rings. The Morgan fingerprint density at radius 1 is 0.962 bits per heavy atom. The number of benzene rings is 2. The maximum absolute atomic E-state index is 12.2. The highest BCUT2D eigenvalue weighted by Crippen LogP contribution is 2.14. The molecule has 0 aliphatic carbocycles. The van der Waals surface area contributed by atoms with Crippen LogP contribution in [-0.2, 0) is 6.42 Å². The topological polar surface area (TPSA) is 76.1 Å². The number of hydrogen-bond donors (Lipinski definition) is 2. The Bertz CT molecular complexity index is 851. The highest BCUT2D eigenvalue weighted by molar-refractivity contribution is 6.03. The van der Waals surface area contributed by atoms with Crippen molar-refractivity contribution < 1.29 is 9.53 Å². The number of nitrogens with zero attached hydrogens (tertiary/aromatic N) is 2. The molecule has 1 aromatic heterocycles. The van der Waals surface area contributed by atoms with Crippen LogP contribution in [0.1, 0.15) is 15.9 Å². The molecule has 0 atom stereocenters. The van der Waals surface area contributed by atoms with Crippen LogP contribution in [0, 0.1) is 0 Å². The van der Waals surface area contributed by atoms with Crippen LogP contribution >= 0.6 is 0 Å². The summed E-state index contributed by atoms with van der Waals surface area (Å²) in [5.41, 5.74) is 1.76. The van der Waals surface area contributed by atoms with Gasteiger partial charge < -0.3 is 15.4 Å². The minimum absolute atomic E-state index is 0.261. The minimum Gasteiger partial charge on any atom is -0.497 e. The smallest absolute Gasteiger partial charge is 0.256 e. The van der Waals surface area contributed by atoms with E-state index in [-0.39, 0.29) is 5.91 Å². The number of ether oxygens (including phenoxy) is 1. The molecule has 0 unspecified atom stereocenters. The third-order valence-corrected chi connectivity index (χ3v) is 3.80. The van der Waals surface area contributed by atoms with Gasteiger partial charge in [0.15, 0.2) is 5.82 Å². The molecule has 0 saturated heterocycles. The molecule has 6 heteroatoms. The van der Waals surface area contributed by atoms with Gasteiger partial charge in [-0.05, 0) is 42.3 Å². The second-order valence-electron chi connectivity index (χ2n) is 5.65. The van der Waals surface area contributed by atoms with Crippen LogP contribution in [-0.4, -0.2) is 29.8 Å². The molecule has 2 N–H and O–H groups in total. The molecule has 0 bridgehead atoms. The summed E-state index contributed by atoms with van der Waals surface area (Å²) in [5.74, 6) is 1.43. The van der Waals surface area contributed by atoms with E-state index in [0.717, 1.165) is 13.0 Å². The Kier molecular flexibility index (Phi) is 5.77. The lowest BCUT2D eigenvalue weighted by Crippen LogP contribution is -2.14. The Morgan fingerprint density at radius 2 is 1.73 bits per heavy atom. The number of anilines is 2. The summed E-state index contributed by atoms with van der Waals surface area (Å²) in [7, 11) is 1.56. The number of carbonyl (C=O) groups is 1. The van der Waals surface area contributed by atoms with Crippen LogP contribution in [0.2, 0.25) is 0 Å². The molecule has 0 spiro atoms. The van der Waals surface area contributed by atoms with Crippen molar-refractivity contribution in [1.82, 2.24) is 10.2 Å². The zero-order valence-electron chi connectivity index (χ0n) is 14.5. The summed E-state index contributed by atoms with van der Waals surface area (Å²) < 4.78 is 5.12. The first-order chi connectivity index (χ1) is 12.7. The van der Waals surface area contributed by atoms with E-state index in [2.05, 4.69) is 33.0 Å². The van der Waals surface area contributed by atoms with Gasteiger partial charge in [-0.15, -0.1) is 10.2 Å². The van der Waals surface area contributed by atoms with Crippen molar-refractivity contribution >= 4 is 17.5 Å². The van der Waals surface area contributed by atoms with Gasteiger partial charge >= 0.3 is 0 Å². The number of rotatable bonds is 7. The minimum atomic E-state index is -0.261. The van der Waals surface area contributed by atoms with Crippen LogP contribution in [0.25, 0.3) is 0 Å². The molecule has 3 aromatic rings. The van der Waals surface area contributed by atoms with E-state index >= 15 is 0 Å². The van der Waals surface area contributed by atoms with E-state index in [9.17, 15) is 4.79 Å². The van der Waals surface area contributed by atoms with Gasteiger partial charge in [0.25, 0.3) is 5.91 Å². The normalized spacial score (nSPS) is 10.2.